The van der Waals surface area contributed by atoms with Gasteiger partial charge in [0.2, 0.25) is 0 Å². The topological polar surface area (TPSA) is 66.0 Å². The van der Waals surface area contributed by atoms with Gasteiger partial charge in [-0.1, -0.05) is 26.0 Å². The molecule has 1 aromatic rings. The van der Waals surface area contributed by atoms with E-state index >= 15 is 0 Å². The zero-order chi connectivity index (χ0) is 16.4. The molecule has 2 heterocycles. The van der Waals surface area contributed by atoms with E-state index in [-0.39, 0.29) is 11.0 Å². The average molecular weight is 308 g/mol. The van der Waals surface area contributed by atoms with Crippen molar-refractivity contribution in [1.29, 1.82) is 0 Å². The highest BCUT2D eigenvalue weighted by Gasteiger charge is 2.31. The van der Waals surface area contributed by atoms with Gasteiger partial charge in [0.05, 0.1) is 17.9 Å². The molecule has 1 aliphatic rings. The molecule has 0 bridgehead atoms. The first-order chi connectivity index (χ1) is 10.2. The van der Waals surface area contributed by atoms with E-state index in [1.54, 1.807) is 0 Å². The van der Waals surface area contributed by atoms with Gasteiger partial charge in [-0.3, -0.25) is 4.68 Å². The predicted molar refractivity (Wildman–Crippen MR) is 88.6 cm³/mol. The van der Waals surface area contributed by atoms with Crippen molar-refractivity contribution in [1.82, 2.24) is 15.0 Å². The van der Waals surface area contributed by atoms with Gasteiger partial charge in [-0.05, 0) is 44.4 Å². The molecule has 2 unspecified atom stereocenters. The van der Waals surface area contributed by atoms with Crippen molar-refractivity contribution in [3.8, 4) is 0 Å². The Morgan fingerprint density at radius 2 is 2.18 bits per heavy atom. The molecule has 2 N–H and O–H groups in total. The van der Waals surface area contributed by atoms with Crippen molar-refractivity contribution >= 4 is 0 Å². The first kappa shape index (κ1) is 17.4. The Morgan fingerprint density at radius 1 is 1.45 bits per heavy atom. The number of nitrogens with two attached hydrogens (primary N) is 1. The second kappa shape index (κ2) is 6.67. The molecular weight excluding hydrogens is 276 g/mol. The summed E-state index contributed by atoms with van der Waals surface area (Å²) in [5.41, 5.74) is 7.25. The number of ether oxygens (including phenoxy) is 1. The molecule has 2 atom stereocenters. The van der Waals surface area contributed by atoms with Crippen LogP contribution in [0.1, 0.15) is 65.5 Å². The fourth-order valence-corrected chi connectivity index (χ4v) is 3.31. The van der Waals surface area contributed by atoms with E-state index in [0.717, 1.165) is 38.1 Å². The van der Waals surface area contributed by atoms with Crippen LogP contribution in [0.25, 0.3) is 0 Å². The normalized spacial score (nSPS) is 22.9. The van der Waals surface area contributed by atoms with Gasteiger partial charge in [-0.2, -0.15) is 0 Å². The van der Waals surface area contributed by atoms with E-state index in [9.17, 15) is 0 Å². The minimum absolute atomic E-state index is 0.0372. The van der Waals surface area contributed by atoms with Crippen LogP contribution >= 0.6 is 0 Å². The quantitative estimate of drug-likeness (QED) is 0.877. The SMILES string of the molecule is CC(C)(C)CC(CN)c1cn(CCC2COC(C)(C)C2)nn1. The Hall–Kier alpha value is -0.940. The smallest absolute Gasteiger partial charge is 0.0870 e. The third-order valence-corrected chi connectivity index (χ3v) is 4.37. The third kappa shape index (κ3) is 5.06. The van der Waals surface area contributed by atoms with Crippen LogP contribution in [0.3, 0.4) is 0 Å². The molecule has 0 saturated carbocycles. The lowest BCUT2D eigenvalue weighted by Crippen LogP contribution is -2.19. The highest BCUT2D eigenvalue weighted by Crippen LogP contribution is 2.32. The van der Waals surface area contributed by atoms with Crippen LogP contribution in [-0.2, 0) is 11.3 Å². The molecule has 1 aromatic heterocycles. The summed E-state index contributed by atoms with van der Waals surface area (Å²) in [5, 5.41) is 8.63. The summed E-state index contributed by atoms with van der Waals surface area (Å²) in [4.78, 5) is 0. The molecule has 0 spiro atoms. The highest BCUT2D eigenvalue weighted by molar-refractivity contribution is 5.03. The summed E-state index contributed by atoms with van der Waals surface area (Å²) in [7, 11) is 0. The largest absolute Gasteiger partial charge is 0.375 e. The van der Waals surface area contributed by atoms with Crippen molar-refractivity contribution < 1.29 is 4.74 Å². The first-order valence-corrected chi connectivity index (χ1v) is 8.42. The molecular formula is C17H32N4O. The second-order valence-corrected chi connectivity index (χ2v) is 8.53. The maximum atomic E-state index is 5.93. The Bertz CT molecular complexity index is 475. The molecule has 126 valence electrons. The monoisotopic (exact) mass is 308 g/mol. The summed E-state index contributed by atoms with van der Waals surface area (Å²) in [6, 6.07) is 0. The Balaban J connectivity index is 1.88. The molecule has 0 amide bonds. The number of hydrogen-bond donors (Lipinski definition) is 1. The Labute approximate surface area is 134 Å². The predicted octanol–water partition coefficient (Wildman–Crippen LogP) is 2.96. The number of aryl methyl sites for hydroxylation is 1. The number of rotatable bonds is 6. The number of nitrogens with zero attached hydrogens (tertiary/aromatic N) is 3. The van der Waals surface area contributed by atoms with Crippen LogP contribution in [0.4, 0.5) is 0 Å². The van der Waals surface area contributed by atoms with E-state index in [4.69, 9.17) is 10.5 Å². The lowest BCUT2D eigenvalue weighted by Gasteiger charge is -2.23. The maximum Gasteiger partial charge on any atom is 0.0870 e. The van der Waals surface area contributed by atoms with Crippen molar-refractivity contribution in [2.24, 2.45) is 17.1 Å². The molecule has 2 rings (SSSR count). The minimum Gasteiger partial charge on any atom is -0.375 e. The zero-order valence-corrected chi connectivity index (χ0v) is 14.8. The van der Waals surface area contributed by atoms with Crippen LogP contribution in [0.15, 0.2) is 6.20 Å². The molecule has 0 aliphatic carbocycles. The summed E-state index contributed by atoms with van der Waals surface area (Å²) >= 11 is 0. The second-order valence-electron chi connectivity index (χ2n) is 8.53. The van der Waals surface area contributed by atoms with E-state index in [1.807, 2.05) is 4.68 Å². The van der Waals surface area contributed by atoms with E-state index in [2.05, 4.69) is 51.1 Å². The van der Waals surface area contributed by atoms with Gasteiger partial charge in [-0.15, -0.1) is 5.10 Å². The fraction of sp³-hybridized carbons (Fsp3) is 0.882. The summed E-state index contributed by atoms with van der Waals surface area (Å²) in [5.74, 6) is 0.921. The Morgan fingerprint density at radius 3 is 2.73 bits per heavy atom. The maximum absolute atomic E-state index is 5.93. The first-order valence-electron chi connectivity index (χ1n) is 8.42. The number of aromatic nitrogens is 3. The van der Waals surface area contributed by atoms with Gasteiger partial charge < -0.3 is 10.5 Å². The van der Waals surface area contributed by atoms with Gasteiger partial charge in [-0.25, -0.2) is 0 Å². The number of hydrogen-bond acceptors (Lipinski definition) is 4. The van der Waals surface area contributed by atoms with Crippen LogP contribution in [0.2, 0.25) is 0 Å². The minimum atomic E-state index is 0.0372. The van der Waals surface area contributed by atoms with Crippen LogP contribution < -0.4 is 5.73 Å². The van der Waals surface area contributed by atoms with Crippen LogP contribution in [0.5, 0.6) is 0 Å². The van der Waals surface area contributed by atoms with E-state index in [0.29, 0.717) is 18.4 Å². The van der Waals surface area contributed by atoms with Gasteiger partial charge >= 0.3 is 0 Å². The fourth-order valence-electron chi connectivity index (χ4n) is 3.31. The van der Waals surface area contributed by atoms with Crippen molar-refractivity contribution in [2.75, 3.05) is 13.2 Å². The molecule has 5 heteroatoms. The van der Waals surface area contributed by atoms with Gasteiger partial charge in [0.1, 0.15) is 0 Å². The molecule has 22 heavy (non-hydrogen) atoms. The molecule has 1 fully saturated rings. The van der Waals surface area contributed by atoms with Crippen molar-refractivity contribution in [2.45, 2.75) is 71.9 Å². The third-order valence-electron chi connectivity index (χ3n) is 4.37. The Kier molecular flexibility index (Phi) is 5.28. The summed E-state index contributed by atoms with van der Waals surface area (Å²) in [6.07, 6.45) is 5.33. The molecule has 1 saturated heterocycles. The van der Waals surface area contributed by atoms with Crippen LogP contribution in [-0.4, -0.2) is 33.7 Å². The highest BCUT2D eigenvalue weighted by atomic mass is 16.5. The van der Waals surface area contributed by atoms with Gasteiger partial charge in [0.15, 0.2) is 0 Å². The van der Waals surface area contributed by atoms with E-state index < -0.39 is 0 Å². The lowest BCUT2D eigenvalue weighted by molar-refractivity contribution is 0.0348. The molecule has 5 nitrogen and oxygen atoms in total. The summed E-state index contributed by atoms with van der Waals surface area (Å²) in [6.45, 7) is 13.4. The lowest BCUT2D eigenvalue weighted by atomic mass is 9.83. The standard InChI is InChI=1S/C17H32N4O/c1-16(2,3)9-14(10-18)15-11-21(20-19-15)7-6-13-8-17(4,5)22-12-13/h11,13-14H,6-10,12,18H2,1-5H3. The molecule has 1 aliphatic heterocycles. The average Bonchev–Trinajstić information content (AvgIpc) is 2.99. The van der Waals surface area contributed by atoms with Crippen molar-refractivity contribution in [3.05, 3.63) is 11.9 Å². The van der Waals surface area contributed by atoms with Crippen LogP contribution in [0, 0.1) is 11.3 Å². The summed E-state index contributed by atoms with van der Waals surface area (Å²) < 4.78 is 7.76. The molecule has 0 aromatic carbocycles. The molecule has 0 radical (unpaired) electrons. The van der Waals surface area contributed by atoms with E-state index in [1.165, 1.54) is 0 Å². The van der Waals surface area contributed by atoms with Gasteiger partial charge in [0.25, 0.3) is 0 Å². The zero-order valence-electron chi connectivity index (χ0n) is 14.8. The van der Waals surface area contributed by atoms with Gasteiger partial charge in [0, 0.05) is 25.2 Å². The van der Waals surface area contributed by atoms with Crippen molar-refractivity contribution in [3.63, 3.8) is 0 Å².